The molecule has 0 aromatic carbocycles. The summed E-state index contributed by atoms with van der Waals surface area (Å²) >= 11 is 14.7. The monoisotopic (exact) mass is 512 g/mol. The van der Waals surface area contributed by atoms with Crippen molar-refractivity contribution < 1.29 is 32.9 Å². The molecule has 0 aromatic rings. The van der Waals surface area contributed by atoms with E-state index in [0.29, 0.717) is 0 Å². The quantitative estimate of drug-likeness (QED) is 0.244. The Hall–Kier alpha value is 0.0700. The highest BCUT2D eigenvalue weighted by Gasteiger charge is 2.43. The molecule has 1 rings (SSSR count). The van der Waals surface area contributed by atoms with Crippen LogP contribution in [0.4, 0.5) is 0 Å². The molecule has 0 unspecified atom stereocenters. The molecule has 0 aromatic heterocycles. The Kier molecular flexibility index (Phi) is 11.7. The third-order valence-electron chi connectivity index (χ3n) is 3.31. The van der Waals surface area contributed by atoms with Gasteiger partial charge in [0.2, 0.25) is 0 Å². The Morgan fingerprint density at radius 3 is 2.26 bits per heavy atom. The second kappa shape index (κ2) is 12.6. The molecular weight excluding hydrogens is 490 g/mol. The molecule has 9 nitrogen and oxygen atoms in total. The van der Waals surface area contributed by atoms with E-state index in [9.17, 15) is 14.2 Å². The molecule has 27 heavy (non-hydrogen) atoms. The van der Waals surface area contributed by atoms with Gasteiger partial charge in [0.1, 0.15) is 18.8 Å². The highest BCUT2D eigenvalue weighted by molar-refractivity contribution is 9.09. The van der Waals surface area contributed by atoms with Crippen LogP contribution in [0.1, 0.15) is 20.3 Å². The second-order valence-electron chi connectivity index (χ2n) is 5.58. The Bertz CT molecular complexity index is 534. The molecule has 4 atom stereocenters. The van der Waals surface area contributed by atoms with E-state index in [1.807, 2.05) is 0 Å². The van der Waals surface area contributed by atoms with Gasteiger partial charge in [0.25, 0.3) is 0 Å². The first kappa shape index (κ1) is 25.1. The summed E-state index contributed by atoms with van der Waals surface area (Å²) < 4.78 is 34.5. The zero-order valence-corrected chi connectivity index (χ0v) is 19.0. The number of carbonyl (C=O) groups is 2. The van der Waals surface area contributed by atoms with E-state index in [-0.39, 0.29) is 42.7 Å². The van der Waals surface area contributed by atoms with Crippen molar-refractivity contribution in [2.75, 3.05) is 31.5 Å². The van der Waals surface area contributed by atoms with Gasteiger partial charge in [-0.1, -0.05) is 15.9 Å². The van der Waals surface area contributed by atoms with E-state index < -0.39 is 38.1 Å². The number of carbonyl (C=O) groups excluding carboxylic acids is 2. The Morgan fingerprint density at radius 1 is 1.19 bits per heavy atom. The number of hydrogen-bond donors (Lipinski definition) is 2. The molecule has 0 radical (unpaired) electrons. The largest absolute Gasteiger partial charge is 0.463 e. The molecule has 0 aliphatic carbocycles. The molecule has 0 bridgehead atoms. The van der Waals surface area contributed by atoms with Gasteiger partial charge in [-0.05, 0) is 0 Å². The molecule has 0 amide bonds. The second-order valence-corrected chi connectivity index (χ2v) is 9.46. The molecule has 1 fully saturated rings. The summed E-state index contributed by atoms with van der Waals surface area (Å²) in [4.78, 5) is 22.1. The number of halogens is 3. The van der Waals surface area contributed by atoms with Crippen LogP contribution in [0.3, 0.4) is 0 Å². The van der Waals surface area contributed by atoms with Crippen molar-refractivity contribution in [2.24, 2.45) is 0 Å². The van der Waals surface area contributed by atoms with Gasteiger partial charge < -0.3 is 14.2 Å². The lowest BCUT2D eigenvalue weighted by molar-refractivity contribution is -0.210. The first-order valence-electron chi connectivity index (χ1n) is 8.21. The van der Waals surface area contributed by atoms with Crippen LogP contribution in [0, 0.1) is 0 Å². The fraction of sp³-hybridized carbons (Fsp3) is 0.857. The zero-order chi connectivity index (χ0) is 20.4. The minimum absolute atomic E-state index is 0.149. The Morgan fingerprint density at radius 2 is 1.78 bits per heavy atom. The third-order valence-corrected chi connectivity index (χ3v) is 6.40. The Labute approximate surface area is 176 Å². The van der Waals surface area contributed by atoms with Gasteiger partial charge in [-0.15, -0.1) is 23.2 Å². The van der Waals surface area contributed by atoms with E-state index in [1.165, 1.54) is 13.8 Å². The summed E-state index contributed by atoms with van der Waals surface area (Å²) in [5.41, 5.74) is 0. The molecular formula is C14H24BrCl2N2O7P. The highest BCUT2D eigenvalue weighted by Crippen LogP contribution is 2.42. The maximum absolute atomic E-state index is 12.9. The SMILES string of the molecule is CC(=O)OC[C@H]1O[C@@H](OP(=O)(NCCCl)NCCCl)C[C@@H](Br)[C@@H]1OC(C)=O. The van der Waals surface area contributed by atoms with Crippen LogP contribution in [0.5, 0.6) is 0 Å². The molecule has 2 N–H and O–H groups in total. The van der Waals surface area contributed by atoms with Crippen molar-refractivity contribution in [3.8, 4) is 0 Å². The fourth-order valence-electron chi connectivity index (χ4n) is 2.30. The predicted molar refractivity (Wildman–Crippen MR) is 104 cm³/mol. The molecule has 13 heteroatoms. The maximum atomic E-state index is 12.9. The topological polar surface area (TPSA) is 112 Å². The van der Waals surface area contributed by atoms with Gasteiger partial charge in [0.05, 0.1) is 4.83 Å². The van der Waals surface area contributed by atoms with Crippen LogP contribution in [0.2, 0.25) is 0 Å². The lowest BCUT2D eigenvalue weighted by Gasteiger charge is -2.39. The minimum atomic E-state index is -3.49. The number of alkyl halides is 3. The molecule has 1 heterocycles. The summed E-state index contributed by atoms with van der Waals surface area (Å²) in [6, 6.07) is 0. The lowest BCUT2D eigenvalue weighted by Crippen LogP contribution is -2.51. The number of ether oxygens (including phenoxy) is 3. The van der Waals surface area contributed by atoms with Crippen molar-refractivity contribution in [3.63, 3.8) is 0 Å². The first-order valence-corrected chi connectivity index (χ1v) is 11.8. The minimum Gasteiger partial charge on any atom is -0.463 e. The molecule has 1 saturated heterocycles. The average Bonchev–Trinajstić information content (AvgIpc) is 2.58. The van der Waals surface area contributed by atoms with Gasteiger partial charge >= 0.3 is 19.6 Å². The van der Waals surface area contributed by atoms with Crippen LogP contribution in [-0.4, -0.2) is 66.7 Å². The van der Waals surface area contributed by atoms with E-state index in [2.05, 4.69) is 26.1 Å². The van der Waals surface area contributed by atoms with Crippen molar-refractivity contribution in [1.82, 2.24) is 10.2 Å². The standard InChI is InChI=1S/C14H24BrCl2N2O7P/c1-9(20)23-8-12-14(24-10(2)21)11(15)7-13(25-12)26-27(22,18-5-3-16)19-6-4-17/h11-14H,3-8H2,1-2H3,(H2,18,19,22)/t11-,12-,13+,14+/m1/s1. The Balaban J connectivity index is 2.86. The molecule has 1 aliphatic rings. The van der Waals surface area contributed by atoms with Crippen LogP contribution >= 0.6 is 46.8 Å². The summed E-state index contributed by atoms with van der Waals surface area (Å²) in [6.07, 6.45) is -2.18. The normalized spacial score (nSPS) is 25.8. The van der Waals surface area contributed by atoms with Gasteiger partial charge in [0, 0.05) is 45.1 Å². The smallest absolute Gasteiger partial charge is 0.343 e. The molecule has 0 saturated carbocycles. The maximum Gasteiger partial charge on any atom is 0.343 e. The number of nitrogens with one attached hydrogen (secondary N) is 2. The molecule has 0 spiro atoms. The van der Waals surface area contributed by atoms with Gasteiger partial charge in [-0.2, -0.15) is 0 Å². The number of esters is 2. The first-order chi connectivity index (χ1) is 12.7. The fourth-order valence-corrected chi connectivity index (χ4v) is 5.04. The van der Waals surface area contributed by atoms with Crippen molar-refractivity contribution in [1.29, 1.82) is 0 Å². The van der Waals surface area contributed by atoms with Gasteiger partial charge in [0.15, 0.2) is 6.29 Å². The molecule has 1 aliphatic heterocycles. The molecule has 158 valence electrons. The lowest BCUT2D eigenvalue weighted by atomic mass is 10.0. The van der Waals surface area contributed by atoms with Crippen LogP contribution in [0.15, 0.2) is 0 Å². The van der Waals surface area contributed by atoms with Crippen molar-refractivity contribution >= 4 is 58.7 Å². The summed E-state index contributed by atoms with van der Waals surface area (Å²) in [5.74, 6) is -0.552. The zero-order valence-electron chi connectivity index (χ0n) is 15.0. The van der Waals surface area contributed by atoms with Crippen LogP contribution < -0.4 is 10.2 Å². The third kappa shape index (κ3) is 9.41. The van der Waals surface area contributed by atoms with Gasteiger partial charge in [-0.3, -0.25) is 18.7 Å². The van der Waals surface area contributed by atoms with E-state index in [0.717, 1.165) is 0 Å². The summed E-state index contributed by atoms with van der Waals surface area (Å²) in [6.45, 7) is 2.86. The average molecular weight is 514 g/mol. The summed E-state index contributed by atoms with van der Waals surface area (Å²) in [5, 5.41) is 5.43. The van der Waals surface area contributed by atoms with Crippen LogP contribution in [-0.2, 0) is 32.9 Å². The van der Waals surface area contributed by atoms with Crippen molar-refractivity contribution in [2.45, 2.75) is 43.6 Å². The van der Waals surface area contributed by atoms with Crippen LogP contribution in [0.25, 0.3) is 0 Å². The van der Waals surface area contributed by atoms with Crippen molar-refractivity contribution in [3.05, 3.63) is 0 Å². The van der Waals surface area contributed by atoms with E-state index in [4.69, 9.17) is 41.9 Å². The number of hydrogen-bond acceptors (Lipinski definition) is 7. The highest BCUT2D eigenvalue weighted by atomic mass is 79.9. The number of rotatable bonds is 11. The van der Waals surface area contributed by atoms with E-state index >= 15 is 0 Å². The predicted octanol–water partition coefficient (Wildman–Crippen LogP) is 2.14. The van der Waals surface area contributed by atoms with E-state index in [1.54, 1.807) is 0 Å². The van der Waals surface area contributed by atoms with Gasteiger partial charge in [-0.25, -0.2) is 10.2 Å². The summed E-state index contributed by atoms with van der Waals surface area (Å²) in [7, 11) is -3.49.